The summed E-state index contributed by atoms with van der Waals surface area (Å²) in [5.74, 6) is 1.18. The van der Waals surface area contributed by atoms with Crippen molar-refractivity contribution in [3.05, 3.63) is 98.0 Å². The summed E-state index contributed by atoms with van der Waals surface area (Å²) in [6, 6.07) is 17.9. The first-order valence-corrected chi connectivity index (χ1v) is 18.3. The van der Waals surface area contributed by atoms with E-state index in [-0.39, 0.29) is 37.2 Å². The number of piperazine rings is 1. The number of hydrogen-bond donors (Lipinski definition) is 0. The molecule has 13 heteroatoms. The Hall–Kier alpha value is -3.05. The molecule has 3 aromatic rings. The lowest BCUT2D eigenvalue weighted by Crippen LogP contribution is -2.56. The number of urea groups is 1. The van der Waals surface area contributed by atoms with E-state index < -0.39 is 12.1 Å². The quantitative estimate of drug-likeness (QED) is 0.240. The smallest absolute Gasteiger partial charge is 0.326 e. The molecular formula is C39H49Cl4N5O4. The van der Waals surface area contributed by atoms with Gasteiger partial charge in [0, 0.05) is 54.3 Å². The topological polar surface area (TPSA) is 77.9 Å². The van der Waals surface area contributed by atoms with Gasteiger partial charge in [0.15, 0.2) is 0 Å². The lowest BCUT2D eigenvalue weighted by atomic mass is 9.86. The highest BCUT2D eigenvalue weighted by molar-refractivity contribution is 6.32. The van der Waals surface area contributed by atoms with Gasteiger partial charge in [0.2, 0.25) is 5.91 Å². The highest BCUT2D eigenvalue weighted by Gasteiger charge is 2.45. The molecule has 0 bridgehead atoms. The van der Waals surface area contributed by atoms with Gasteiger partial charge in [0.05, 0.1) is 38.0 Å². The molecule has 52 heavy (non-hydrogen) atoms. The number of morpholine rings is 1. The number of hydrogen-bond acceptors (Lipinski definition) is 6. The van der Waals surface area contributed by atoms with Crippen LogP contribution in [0.1, 0.15) is 69.5 Å². The molecule has 0 saturated carbocycles. The maximum Gasteiger partial charge on any atom is 0.326 e. The highest BCUT2D eigenvalue weighted by Crippen LogP contribution is 2.46. The molecule has 6 rings (SSSR count). The van der Waals surface area contributed by atoms with Crippen LogP contribution in [0.25, 0.3) is 0 Å². The second-order valence-electron chi connectivity index (χ2n) is 13.9. The van der Waals surface area contributed by atoms with Crippen molar-refractivity contribution >= 4 is 65.0 Å². The second-order valence-corrected chi connectivity index (χ2v) is 15.1. The molecule has 0 aromatic heterocycles. The molecule has 3 heterocycles. The van der Waals surface area contributed by atoms with Crippen LogP contribution in [0.3, 0.4) is 0 Å². The van der Waals surface area contributed by atoms with Crippen LogP contribution < -0.4 is 4.74 Å². The number of amidine groups is 1. The summed E-state index contributed by atoms with van der Waals surface area (Å²) in [5, 5.41) is 1.78. The molecule has 3 amide bonds. The number of ether oxygens (including phenoxy) is 2. The molecule has 0 N–H and O–H groups in total. The number of halogens is 4. The molecule has 0 unspecified atom stereocenters. The molecule has 0 radical (unpaired) electrons. The van der Waals surface area contributed by atoms with Crippen LogP contribution in [0, 0.1) is 0 Å². The Labute approximate surface area is 329 Å². The third-order valence-corrected chi connectivity index (χ3v) is 10.3. The van der Waals surface area contributed by atoms with Crippen molar-refractivity contribution in [2.45, 2.75) is 52.6 Å². The van der Waals surface area contributed by atoms with Crippen LogP contribution in [0.2, 0.25) is 15.1 Å². The summed E-state index contributed by atoms with van der Waals surface area (Å²) >= 11 is 19.7. The van der Waals surface area contributed by atoms with Crippen LogP contribution in [-0.4, -0.2) is 103 Å². The first kappa shape index (κ1) is 41.7. The molecule has 3 aromatic carbocycles. The third kappa shape index (κ3) is 9.17. The molecule has 2 saturated heterocycles. The van der Waals surface area contributed by atoms with Gasteiger partial charge < -0.3 is 19.3 Å². The number of aliphatic imine (C=N–C) groups is 1. The molecule has 282 valence electrons. The van der Waals surface area contributed by atoms with Gasteiger partial charge in [0.1, 0.15) is 17.6 Å². The number of nitrogens with zero attached hydrogens (tertiary/aromatic N) is 5. The van der Waals surface area contributed by atoms with E-state index in [1.807, 2.05) is 77.4 Å². The first-order chi connectivity index (χ1) is 23.9. The fraction of sp³-hybridized carbons (Fsp3) is 0.462. The van der Waals surface area contributed by atoms with Crippen LogP contribution in [0.4, 0.5) is 4.79 Å². The molecular weight excluding hydrogens is 744 g/mol. The first-order valence-electron chi connectivity index (χ1n) is 17.2. The Morgan fingerprint density at radius 1 is 0.846 bits per heavy atom. The summed E-state index contributed by atoms with van der Waals surface area (Å²) < 4.78 is 11.7. The Morgan fingerprint density at radius 2 is 1.42 bits per heavy atom. The van der Waals surface area contributed by atoms with Gasteiger partial charge in [-0.25, -0.2) is 4.79 Å². The predicted octanol–water partition coefficient (Wildman–Crippen LogP) is 8.54. The van der Waals surface area contributed by atoms with Gasteiger partial charge >= 0.3 is 6.03 Å². The van der Waals surface area contributed by atoms with E-state index in [4.69, 9.17) is 49.3 Å². The van der Waals surface area contributed by atoms with E-state index in [1.54, 1.807) is 4.90 Å². The fourth-order valence-corrected chi connectivity index (χ4v) is 7.49. The van der Waals surface area contributed by atoms with Crippen molar-refractivity contribution in [3.8, 4) is 5.75 Å². The average Bonchev–Trinajstić information content (AvgIpc) is 3.50. The zero-order valence-electron chi connectivity index (χ0n) is 29.4. The average molecular weight is 794 g/mol. The zero-order valence-corrected chi connectivity index (χ0v) is 32.5. The Bertz CT molecular complexity index is 1720. The molecule has 0 aliphatic carbocycles. The number of amides is 3. The van der Waals surface area contributed by atoms with Crippen LogP contribution in [-0.2, 0) is 14.9 Å². The maximum atomic E-state index is 15.0. The minimum atomic E-state index is -0.507. The Balaban J connectivity index is 0.00000302. The third-order valence-electron chi connectivity index (χ3n) is 9.48. The highest BCUT2D eigenvalue weighted by atomic mass is 35.5. The SMILES string of the molecule is C.CCOc1cc(C(C)(C)C)c(Cl)cc1C1=N[C@@H](c2ccc(Cl)cc2)[C@@H](c2ccc(Cl)cc2)N1C(=O)N1CCN(CC(=O)N2CCOCC2)CC1.Cl. The maximum absolute atomic E-state index is 15.0. The van der Waals surface area contributed by atoms with Gasteiger partial charge in [-0.15, -0.1) is 12.4 Å². The lowest BCUT2D eigenvalue weighted by Gasteiger charge is -2.39. The van der Waals surface area contributed by atoms with Crippen molar-refractivity contribution in [2.75, 3.05) is 65.6 Å². The number of rotatable bonds is 7. The van der Waals surface area contributed by atoms with Gasteiger partial charge in [-0.05, 0) is 65.4 Å². The van der Waals surface area contributed by atoms with E-state index in [0.29, 0.717) is 97.9 Å². The zero-order chi connectivity index (χ0) is 35.6. The molecule has 2 fully saturated rings. The summed E-state index contributed by atoms with van der Waals surface area (Å²) in [6.45, 7) is 13.4. The summed E-state index contributed by atoms with van der Waals surface area (Å²) in [4.78, 5) is 40.9. The fourth-order valence-electron chi connectivity index (χ4n) is 6.79. The van der Waals surface area contributed by atoms with E-state index >= 15 is 0 Å². The normalized spacial score (nSPS) is 19.4. The number of carbonyl (C=O) groups is 2. The second kappa shape index (κ2) is 17.9. The lowest BCUT2D eigenvalue weighted by molar-refractivity contribution is -0.136. The van der Waals surface area contributed by atoms with Gasteiger partial charge in [0.25, 0.3) is 0 Å². The molecule has 3 aliphatic rings. The van der Waals surface area contributed by atoms with Crippen molar-refractivity contribution in [2.24, 2.45) is 4.99 Å². The van der Waals surface area contributed by atoms with Crippen LogP contribution >= 0.6 is 47.2 Å². The molecule has 9 nitrogen and oxygen atoms in total. The standard InChI is InChI=1S/C38H44Cl3N5O4.CH4.ClH/c1-5-50-32-23-30(38(2,3)4)31(41)22-29(32)36-42-34(25-6-10-27(39)11-7-25)35(26-8-12-28(40)13-9-26)46(36)37(48)45-16-14-43(15-17-45)24-33(47)44-18-20-49-21-19-44;;/h6-13,22-23,34-35H,5,14-21,24H2,1-4H3;1H4;1H/t34-,35+;;/m0../s1. The minimum Gasteiger partial charge on any atom is -0.493 e. The monoisotopic (exact) mass is 791 g/mol. The van der Waals surface area contributed by atoms with Gasteiger partial charge in [-0.2, -0.15) is 0 Å². The van der Waals surface area contributed by atoms with Crippen molar-refractivity contribution in [1.29, 1.82) is 0 Å². The molecule has 2 atom stereocenters. The minimum absolute atomic E-state index is 0. The summed E-state index contributed by atoms with van der Waals surface area (Å²) in [5.41, 5.74) is 3.13. The number of benzene rings is 3. The molecule has 0 spiro atoms. The van der Waals surface area contributed by atoms with E-state index in [9.17, 15) is 9.59 Å². The number of carbonyl (C=O) groups excluding carboxylic acids is 2. The largest absolute Gasteiger partial charge is 0.493 e. The van der Waals surface area contributed by atoms with E-state index in [2.05, 4.69) is 25.7 Å². The van der Waals surface area contributed by atoms with Gasteiger partial charge in [-0.3, -0.25) is 19.6 Å². The van der Waals surface area contributed by atoms with Crippen molar-refractivity contribution in [1.82, 2.24) is 19.6 Å². The van der Waals surface area contributed by atoms with Crippen molar-refractivity contribution < 1.29 is 19.1 Å². The van der Waals surface area contributed by atoms with Gasteiger partial charge in [-0.1, -0.05) is 87.3 Å². The summed E-state index contributed by atoms with van der Waals surface area (Å²) in [6.07, 6.45) is 0. The van der Waals surface area contributed by atoms with Crippen LogP contribution in [0.5, 0.6) is 5.75 Å². The van der Waals surface area contributed by atoms with Crippen LogP contribution in [0.15, 0.2) is 65.7 Å². The summed E-state index contributed by atoms with van der Waals surface area (Å²) in [7, 11) is 0. The Morgan fingerprint density at radius 3 is 1.98 bits per heavy atom. The van der Waals surface area contributed by atoms with E-state index in [1.165, 1.54) is 0 Å². The van der Waals surface area contributed by atoms with E-state index in [0.717, 1.165) is 16.7 Å². The predicted molar refractivity (Wildman–Crippen MR) is 213 cm³/mol. The van der Waals surface area contributed by atoms with Crippen molar-refractivity contribution in [3.63, 3.8) is 0 Å². The molecule has 3 aliphatic heterocycles. The Kier molecular flexibility index (Phi) is 14.3.